The first-order chi connectivity index (χ1) is 8.65. The van der Waals surface area contributed by atoms with Gasteiger partial charge in [0.2, 0.25) is 5.91 Å². The van der Waals surface area contributed by atoms with Crippen LogP contribution < -0.4 is 5.32 Å². The molecule has 1 aromatic heterocycles. The van der Waals surface area contributed by atoms with Gasteiger partial charge in [-0.1, -0.05) is 25.0 Å². The Morgan fingerprint density at radius 3 is 2.83 bits per heavy atom. The number of carbonyl (C=O) groups is 1. The topological polar surface area (TPSA) is 44.9 Å². The molecule has 1 aromatic carbocycles. The number of likely N-dealkylation sites (N-methyl/N-ethyl adjacent to an activating group) is 1. The Morgan fingerprint density at radius 2 is 2.17 bits per heavy atom. The van der Waals surface area contributed by atoms with Crippen LogP contribution in [0, 0.1) is 6.92 Å². The van der Waals surface area contributed by atoms with Gasteiger partial charge >= 0.3 is 0 Å². The highest BCUT2D eigenvalue weighted by Crippen LogP contribution is 2.25. The predicted octanol–water partition coefficient (Wildman–Crippen LogP) is 2.72. The summed E-state index contributed by atoms with van der Waals surface area (Å²) in [6.45, 7) is 4.23. The molecule has 0 aliphatic carbocycles. The highest BCUT2D eigenvalue weighted by Gasteiger charge is 2.13. The summed E-state index contributed by atoms with van der Waals surface area (Å²) in [6, 6.07) is 6.35. The summed E-state index contributed by atoms with van der Waals surface area (Å²) in [4.78, 5) is 15.1. The Kier molecular flexibility index (Phi) is 3.70. The summed E-state index contributed by atoms with van der Waals surface area (Å²) in [6.07, 6.45) is 2.52. The zero-order chi connectivity index (χ0) is 13.1. The third kappa shape index (κ3) is 2.40. The fraction of sp³-hybridized carbons (Fsp3) is 0.400. The van der Waals surface area contributed by atoms with Crippen molar-refractivity contribution in [3.05, 3.63) is 35.0 Å². The van der Waals surface area contributed by atoms with Gasteiger partial charge in [0.05, 0.1) is 6.42 Å². The average Bonchev–Trinajstić information content (AvgIpc) is 2.68. The molecule has 0 spiro atoms. The van der Waals surface area contributed by atoms with Crippen molar-refractivity contribution in [1.29, 1.82) is 0 Å². The lowest BCUT2D eigenvalue weighted by Gasteiger charge is -2.03. The molecule has 96 valence electrons. The maximum absolute atomic E-state index is 11.6. The zero-order valence-electron chi connectivity index (χ0n) is 11.3. The first-order valence-corrected chi connectivity index (χ1v) is 6.46. The molecule has 2 rings (SSSR count). The van der Waals surface area contributed by atoms with E-state index >= 15 is 0 Å². The van der Waals surface area contributed by atoms with Crippen molar-refractivity contribution in [2.75, 3.05) is 7.05 Å². The second-order valence-electron chi connectivity index (χ2n) is 4.73. The van der Waals surface area contributed by atoms with E-state index in [9.17, 15) is 4.79 Å². The Hall–Kier alpha value is -1.77. The smallest absolute Gasteiger partial charge is 0.224 e. The molecule has 0 saturated carbocycles. The molecule has 0 aliphatic rings. The van der Waals surface area contributed by atoms with E-state index in [1.54, 1.807) is 7.05 Å². The monoisotopic (exact) mass is 244 g/mol. The average molecular weight is 244 g/mol. The molecule has 0 fully saturated rings. The molecular formula is C15H20N2O. The second-order valence-corrected chi connectivity index (χ2v) is 4.73. The molecule has 0 radical (unpaired) electrons. The third-order valence-corrected chi connectivity index (χ3v) is 3.27. The molecule has 3 heteroatoms. The van der Waals surface area contributed by atoms with Crippen molar-refractivity contribution in [2.45, 2.75) is 33.1 Å². The lowest BCUT2D eigenvalue weighted by molar-refractivity contribution is -0.119. The summed E-state index contributed by atoms with van der Waals surface area (Å²) in [5.41, 5.74) is 4.70. The normalized spacial score (nSPS) is 10.8. The van der Waals surface area contributed by atoms with Crippen LogP contribution in [-0.4, -0.2) is 17.9 Å². The molecule has 0 atom stereocenters. The molecule has 0 unspecified atom stereocenters. The van der Waals surface area contributed by atoms with Crippen molar-refractivity contribution in [1.82, 2.24) is 10.3 Å². The highest BCUT2D eigenvalue weighted by molar-refractivity contribution is 5.90. The van der Waals surface area contributed by atoms with Gasteiger partial charge in [0, 0.05) is 23.6 Å². The minimum absolute atomic E-state index is 0.0646. The molecule has 2 aromatic rings. The van der Waals surface area contributed by atoms with E-state index < -0.39 is 0 Å². The largest absolute Gasteiger partial charge is 0.359 e. The van der Waals surface area contributed by atoms with E-state index in [4.69, 9.17) is 0 Å². The number of fused-ring (bicyclic) bond motifs is 1. The Balaban J connectivity index is 2.53. The van der Waals surface area contributed by atoms with Gasteiger partial charge in [0.15, 0.2) is 0 Å². The maximum atomic E-state index is 11.6. The number of hydrogen-bond donors (Lipinski definition) is 2. The van der Waals surface area contributed by atoms with E-state index in [0.717, 1.165) is 23.9 Å². The minimum atomic E-state index is 0.0646. The number of nitrogens with one attached hydrogen (secondary N) is 2. The van der Waals surface area contributed by atoms with Crippen LogP contribution in [0.2, 0.25) is 0 Å². The zero-order valence-corrected chi connectivity index (χ0v) is 11.3. The molecule has 1 amide bonds. The van der Waals surface area contributed by atoms with Crippen molar-refractivity contribution < 1.29 is 4.79 Å². The van der Waals surface area contributed by atoms with E-state index in [2.05, 4.69) is 42.3 Å². The number of rotatable bonds is 4. The van der Waals surface area contributed by atoms with Gasteiger partial charge in [-0.05, 0) is 31.0 Å². The van der Waals surface area contributed by atoms with E-state index in [1.807, 2.05) is 0 Å². The Bertz CT molecular complexity index is 569. The fourth-order valence-corrected chi connectivity index (χ4v) is 2.33. The molecule has 18 heavy (non-hydrogen) atoms. The van der Waals surface area contributed by atoms with Crippen molar-refractivity contribution >= 4 is 16.8 Å². The van der Waals surface area contributed by atoms with Gasteiger partial charge in [-0.25, -0.2) is 0 Å². The van der Waals surface area contributed by atoms with Gasteiger partial charge in [-0.2, -0.15) is 0 Å². The number of aromatic amines is 1. The highest BCUT2D eigenvalue weighted by atomic mass is 16.1. The summed E-state index contributed by atoms with van der Waals surface area (Å²) in [5, 5.41) is 3.88. The van der Waals surface area contributed by atoms with Crippen LogP contribution in [0.25, 0.3) is 10.9 Å². The molecule has 2 N–H and O–H groups in total. The van der Waals surface area contributed by atoms with Crippen LogP contribution in [0.4, 0.5) is 0 Å². The first-order valence-electron chi connectivity index (χ1n) is 6.46. The summed E-state index contributed by atoms with van der Waals surface area (Å²) in [5.74, 6) is 0.0646. The van der Waals surface area contributed by atoms with Crippen LogP contribution in [0.15, 0.2) is 18.2 Å². The number of aromatic nitrogens is 1. The molecule has 0 saturated heterocycles. The predicted molar refractivity (Wildman–Crippen MR) is 74.8 cm³/mol. The quantitative estimate of drug-likeness (QED) is 0.853. The number of aryl methyl sites for hydroxylation is 2. The van der Waals surface area contributed by atoms with E-state index in [0.29, 0.717) is 6.42 Å². The SMILES string of the molecule is CCCc1[nH]c2ccc(C)cc2c1CC(=O)NC. The summed E-state index contributed by atoms with van der Waals surface area (Å²) in [7, 11) is 1.68. The van der Waals surface area contributed by atoms with Gasteiger partial charge < -0.3 is 10.3 Å². The molecular weight excluding hydrogens is 224 g/mol. The van der Waals surface area contributed by atoms with Crippen LogP contribution in [0.1, 0.15) is 30.2 Å². The molecule has 1 heterocycles. The lowest BCUT2D eigenvalue weighted by Crippen LogP contribution is -2.20. The van der Waals surface area contributed by atoms with Gasteiger partial charge in [-0.3, -0.25) is 4.79 Å². The third-order valence-electron chi connectivity index (χ3n) is 3.27. The first kappa shape index (κ1) is 12.7. The van der Waals surface area contributed by atoms with Crippen molar-refractivity contribution in [3.63, 3.8) is 0 Å². The minimum Gasteiger partial charge on any atom is -0.359 e. The summed E-state index contributed by atoms with van der Waals surface area (Å²) < 4.78 is 0. The fourth-order valence-electron chi connectivity index (χ4n) is 2.33. The van der Waals surface area contributed by atoms with Gasteiger partial charge in [0.1, 0.15) is 0 Å². The van der Waals surface area contributed by atoms with Gasteiger partial charge in [-0.15, -0.1) is 0 Å². The Morgan fingerprint density at radius 1 is 1.39 bits per heavy atom. The molecule has 0 aliphatic heterocycles. The van der Waals surface area contributed by atoms with Crippen LogP contribution in [0.5, 0.6) is 0 Å². The Labute approximate surface area is 108 Å². The van der Waals surface area contributed by atoms with Crippen molar-refractivity contribution in [2.24, 2.45) is 0 Å². The standard InChI is InChI=1S/C15H20N2O/c1-4-5-13-12(9-15(18)16-3)11-8-10(2)6-7-14(11)17-13/h6-8,17H,4-5,9H2,1-3H3,(H,16,18). The van der Waals surface area contributed by atoms with Crippen LogP contribution in [0.3, 0.4) is 0 Å². The van der Waals surface area contributed by atoms with Crippen molar-refractivity contribution in [3.8, 4) is 0 Å². The maximum Gasteiger partial charge on any atom is 0.224 e. The number of amides is 1. The second kappa shape index (κ2) is 5.25. The van der Waals surface area contributed by atoms with E-state index in [1.165, 1.54) is 16.6 Å². The number of benzene rings is 1. The lowest BCUT2D eigenvalue weighted by atomic mass is 10.0. The number of carbonyl (C=O) groups excluding carboxylic acids is 1. The molecule has 3 nitrogen and oxygen atoms in total. The van der Waals surface area contributed by atoms with E-state index in [-0.39, 0.29) is 5.91 Å². The van der Waals surface area contributed by atoms with Crippen LogP contribution in [-0.2, 0) is 17.6 Å². The number of H-pyrrole nitrogens is 1. The molecule has 0 bridgehead atoms. The number of hydrogen-bond acceptors (Lipinski definition) is 1. The van der Waals surface area contributed by atoms with Gasteiger partial charge in [0.25, 0.3) is 0 Å². The van der Waals surface area contributed by atoms with Crippen LogP contribution >= 0.6 is 0 Å². The summed E-state index contributed by atoms with van der Waals surface area (Å²) >= 11 is 0.